The molecule has 21 nitrogen and oxygen atoms in total. The Hall–Kier alpha value is -5.83. The fourth-order valence-electron chi connectivity index (χ4n) is 5.93. The van der Waals surface area contributed by atoms with Gasteiger partial charge in [0.05, 0.1) is 39.2 Å². The Kier molecular flexibility index (Phi) is 20.4. The fourth-order valence-corrected chi connectivity index (χ4v) is 5.93. The number of carbonyl (C=O) groups is 7. The highest BCUT2D eigenvalue weighted by Crippen LogP contribution is 2.24. The molecule has 1 aromatic carbocycles. The molecule has 6 amide bonds. The summed E-state index contributed by atoms with van der Waals surface area (Å²) < 4.78 is 28.3. The van der Waals surface area contributed by atoms with E-state index < -0.39 is 64.7 Å². The summed E-state index contributed by atoms with van der Waals surface area (Å²) in [5.41, 5.74) is 0.0571. The van der Waals surface area contributed by atoms with Gasteiger partial charge in [0.1, 0.15) is 29.5 Å². The zero-order chi connectivity index (χ0) is 47.5. The number of rotatable bonds is 23. The summed E-state index contributed by atoms with van der Waals surface area (Å²) in [6, 6.07) is 4.80. The zero-order valence-corrected chi connectivity index (χ0v) is 38.5. The molecule has 64 heavy (non-hydrogen) atoms. The van der Waals surface area contributed by atoms with Crippen LogP contribution < -0.4 is 21.3 Å². The molecule has 1 aliphatic rings. The molecule has 0 aliphatic carbocycles. The minimum absolute atomic E-state index is 0.0113. The van der Waals surface area contributed by atoms with Crippen LogP contribution in [0.5, 0.6) is 0 Å². The number of imide groups is 1. The van der Waals surface area contributed by atoms with E-state index in [4.69, 9.17) is 23.7 Å². The van der Waals surface area contributed by atoms with E-state index in [0.29, 0.717) is 55.4 Å². The average Bonchev–Trinajstić information content (AvgIpc) is 3.78. The molecular weight excluding hydrogens is 837 g/mol. The third-order valence-corrected chi connectivity index (χ3v) is 9.02. The molecule has 356 valence electrons. The third kappa shape index (κ3) is 20.6. The normalized spacial score (nSPS) is 14.0. The van der Waals surface area contributed by atoms with Crippen LogP contribution in [0, 0.1) is 5.41 Å². The summed E-state index contributed by atoms with van der Waals surface area (Å²) in [7, 11) is 0. The molecule has 1 aliphatic heterocycles. The van der Waals surface area contributed by atoms with E-state index in [1.165, 1.54) is 0 Å². The number of nitrogens with zero attached hydrogens (tertiary/aromatic N) is 4. The maximum atomic E-state index is 13.2. The number of urea groups is 2. The van der Waals surface area contributed by atoms with Crippen LogP contribution in [0.15, 0.2) is 30.5 Å². The lowest BCUT2D eigenvalue weighted by Gasteiger charge is -2.32. The van der Waals surface area contributed by atoms with Crippen molar-refractivity contribution in [2.24, 2.45) is 5.41 Å². The van der Waals surface area contributed by atoms with Crippen molar-refractivity contribution in [3.05, 3.63) is 30.5 Å². The Balaban J connectivity index is 1.37. The SMILES string of the molecule is CC(C)(C)OC(=O)CC[C@H](NC(=O)N[C@@H](CCCCNC(=O)Nc1cccc(-c2cn(CCOCCOCCOC(=O)ON3C(=O)CCC3=O)nn2)c1)C(=O)OC(C)(C)C)C(C)(C)C. The van der Waals surface area contributed by atoms with Gasteiger partial charge in [-0.1, -0.05) is 43.2 Å². The van der Waals surface area contributed by atoms with Crippen molar-refractivity contribution in [1.82, 2.24) is 36.0 Å². The third-order valence-electron chi connectivity index (χ3n) is 9.02. The monoisotopic (exact) mass is 902 g/mol. The van der Waals surface area contributed by atoms with Gasteiger partial charge in [0.25, 0.3) is 11.8 Å². The first-order valence-electron chi connectivity index (χ1n) is 21.4. The Labute approximate surface area is 374 Å². The van der Waals surface area contributed by atoms with Gasteiger partial charge in [-0.05, 0) is 84.8 Å². The number of esters is 2. The van der Waals surface area contributed by atoms with E-state index in [0.717, 1.165) is 5.56 Å². The largest absolute Gasteiger partial charge is 0.534 e. The van der Waals surface area contributed by atoms with Crippen LogP contribution in [-0.4, -0.2) is 125 Å². The number of benzene rings is 1. The van der Waals surface area contributed by atoms with Crippen LogP contribution >= 0.6 is 0 Å². The van der Waals surface area contributed by atoms with Crippen molar-refractivity contribution in [3.63, 3.8) is 0 Å². The van der Waals surface area contributed by atoms with Crippen LogP contribution in [0.3, 0.4) is 0 Å². The number of ether oxygens (including phenoxy) is 5. The van der Waals surface area contributed by atoms with E-state index in [1.54, 1.807) is 70.6 Å². The first-order valence-corrected chi connectivity index (χ1v) is 21.4. The van der Waals surface area contributed by atoms with Crippen molar-refractivity contribution < 1.29 is 62.1 Å². The maximum absolute atomic E-state index is 13.2. The van der Waals surface area contributed by atoms with E-state index in [9.17, 15) is 33.6 Å². The molecule has 1 fully saturated rings. The number of hydrogen-bond acceptors (Lipinski definition) is 15. The number of nitrogens with one attached hydrogen (secondary N) is 4. The van der Waals surface area contributed by atoms with E-state index in [-0.39, 0.29) is 58.1 Å². The summed E-state index contributed by atoms with van der Waals surface area (Å²) in [4.78, 5) is 90.7. The Bertz CT molecular complexity index is 1870. The van der Waals surface area contributed by atoms with E-state index >= 15 is 0 Å². The van der Waals surface area contributed by atoms with Crippen molar-refractivity contribution in [2.75, 3.05) is 44.9 Å². The molecule has 0 bridgehead atoms. The van der Waals surface area contributed by atoms with Crippen LogP contribution in [-0.2, 0) is 54.2 Å². The number of carbonyl (C=O) groups excluding carboxylic acids is 7. The maximum Gasteiger partial charge on any atom is 0.534 e. The molecular formula is C43H66N8O13. The molecule has 0 saturated carbocycles. The summed E-state index contributed by atoms with van der Waals surface area (Å²) in [6.45, 7) is 17.9. The number of unbranched alkanes of at least 4 members (excludes halogenated alkanes) is 1. The highest BCUT2D eigenvalue weighted by Gasteiger charge is 2.34. The molecule has 2 heterocycles. The van der Waals surface area contributed by atoms with E-state index in [1.807, 2.05) is 26.8 Å². The molecule has 0 spiro atoms. The molecule has 1 saturated heterocycles. The molecule has 4 N–H and O–H groups in total. The Morgan fingerprint density at radius 1 is 0.781 bits per heavy atom. The lowest BCUT2D eigenvalue weighted by atomic mass is 9.84. The molecule has 1 aromatic heterocycles. The van der Waals surface area contributed by atoms with Gasteiger partial charge in [-0.15, -0.1) is 5.10 Å². The van der Waals surface area contributed by atoms with Gasteiger partial charge in [-0.3, -0.25) is 19.2 Å². The van der Waals surface area contributed by atoms with Gasteiger partial charge in [0.15, 0.2) is 0 Å². The molecule has 0 radical (unpaired) electrons. The predicted octanol–water partition coefficient (Wildman–Crippen LogP) is 5.03. The summed E-state index contributed by atoms with van der Waals surface area (Å²) in [5.74, 6) is -2.13. The van der Waals surface area contributed by atoms with Gasteiger partial charge in [0, 0.05) is 43.1 Å². The zero-order valence-electron chi connectivity index (χ0n) is 38.5. The van der Waals surface area contributed by atoms with E-state index in [2.05, 4.69) is 36.4 Å². The average molecular weight is 903 g/mol. The minimum Gasteiger partial charge on any atom is -0.460 e. The number of hydrogen-bond donors (Lipinski definition) is 4. The van der Waals surface area contributed by atoms with Gasteiger partial charge in [-0.25, -0.2) is 23.9 Å². The summed E-state index contributed by atoms with van der Waals surface area (Å²) in [5, 5.41) is 20.1. The molecule has 3 rings (SSSR count). The second-order valence-corrected chi connectivity index (χ2v) is 18.1. The second kappa shape index (κ2) is 24.9. The van der Waals surface area contributed by atoms with Crippen molar-refractivity contribution in [3.8, 4) is 11.3 Å². The highest BCUT2D eigenvalue weighted by atomic mass is 16.8. The van der Waals surface area contributed by atoms with Gasteiger partial charge in [-0.2, -0.15) is 0 Å². The second-order valence-electron chi connectivity index (χ2n) is 18.1. The predicted molar refractivity (Wildman–Crippen MR) is 231 cm³/mol. The molecule has 21 heteroatoms. The fraction of sp³-hybridized carbons (Fsp3) is 0.651. The first kappa shape index (κ1) is 52.5. The van der Waals surface area contributed by atoms with Crippen LogP contribution in [0.2, 0.25) is 0 Å². The van der Waals surface area contributed by atoms with Crippen molar-refractivity contribution >= 4 is 47.7 Å². The highest BCUT2D eigenvalue weighted by molar-refractivity contribution is 6.01. The summed E-state index contributed by atoms with van der Waals surface area (Å²) in [6.07, 6.45) is 2.28. The lowest BCUT2D eigenvalue weighted by molar-refractivity contribution is -0.177. The first-order chi connectivity index (χ1) is 30.0. The van der Waals surface area contributed by atoms with Crippen LogP contribution in [0.1, 0.15) is 107 Å². The minimum atomic E-state index is -1.17. The van der Waals surface area contributed by atoms with Gasteiger partial charge in [0.2, 0.25) is 0 Å². The number of hydroxylamine groups is 2. The Morgan fingerprint density at radius 3 is 2.09 bits per heavy atom. The van der Waals surface area contributed by atoms with Gasteiger partial charge < -0.3 is 45.0 Å². The smallest absolute Gasteiger partial charge is 0.460 e. The molecule has 0 unspecified atom stereocenters. The number of amides is 6. The van der Waals surface area contributed by atoms with Crippen LogP contribution in [0.4, 0.5) is 20.1 Å². The molecule has 2 aromatic rings. The quantitative estimate of drug-likeness (QED) is 0.0494. The van der Waals surface area contributed by atoms with Crippen molar-refractivity contribution in [2.45, 2.75) is 137 Å². The number of anilines is 1. The van der Waals surface area contributed by atoms with Crippen molar-refractivity contribution in [1.29, 1.82) is 0 Å². The van der Waals surface area contributed by atoms with Gasteiger partial charge >= 0.3 is 30.2 Å². The Morgan fingerprint density at radius 2 is 1.44 bits per heavy atom. The standard InChI is InChI=1S/C43H66N8O13/c1-41(2,3)33(16-19-36(54)62-42(4,5)6)47-39(57)46-31(37(55)63-43(7,8)9)15-10-11-20-44-38(56)45-30-14-12-13-29(27-30)32-28-50(49-48-32)21-22-59-23-24-60-25-26-61-40(58)64-51-34(52)17-18-35(51)53/h12-14,27-28,31,33H,10-11,15-26H2,1-9H3,(H2,44,45,56)(H2,46,47,57)/t31-,33-/m0/s1. The van der Waals surface area contributed by atoms with Crippen LogP contribution in [0.25, 0.3) is 11.3 Å². The summed E-state index contributed by atoms with van der Waals surface area (Å²) >= 11 is 0. The topological polar surface area (TPSA) is 257 Å². The molecule has 2 atom stereocenters. The lowest BCUT2D eigenvalue weighted by Crippen LogP contribution is -2.53. The number of aromatic nitrogens is 3.